The van der Waals surface area contributed by atoms with Crippen LogP contribution < -0.4 is 5.32 Å². The van der Waals surface area contributed by atoms with Gasteiger partial charge in [0, 0.05) is 37.7 Å². The van der Waals surface area contributed by atoms with Crippen molar-refractivity contribution >= 4 is 5.91 Å². The number of hydrogen-bond donors (Lipinski definition) is 1. The van der Waals surface area contributed by atoms with Gasteiger partial charge in [-0.1, -0.05) is 25.7 Å². The Labute approximate surface area is 150 Å². The topological polar surface area (TPSA) is 58.1 Å². The molecular weight excluding hydrogens is 312 g/mol. The number of fused-ring (bicyclic) bond motifs is 1. The molecule has 1 N–H and O–H groups in total. The fourth-order valence-electron chi connectivity index (χ4n) is 4.55. The number of carbonyl (C=O) groups is 1. The van der Waals surface area contributed by atoms with Gasteiger partial charge < -0.3 is 10.2 Å². The SMILES string of the molecule is O=C(CC1CCCCC1)N1CCc2nc([C@@H]3CCCCN3)ncc2C1. The lowest BCUT2D eigenvalue weighted by atomic mass is 9.86. The first-order chi connectivity index (χ1) is 12.3. The largest absolute Gasteiger partial charge is 0.338 e. The number of rotatable bonds is 3. The second-order valence-corrected chi connectivity index (χ2v) is 7.98. The lowest BCUT2D eigenvalue weighted by Gasteiger charge is -2.31. The van der Waals surface area contributed by atoms with E-state index in [0.717, 1.165) is 49.4 Å². The fourth-order valence-corrected chi connectivity index (χ4v) is 4.55. The number of carbonyl (C=O) groups excluding carboxylic acids is 1. The molecule has 1 aromatic rings. The number of nitrogens with one attached hydrogen (secondary N) is 1. The molecule has 3 aliphatic rings. The summed E-state index contributed by atoms with van der Waals surface area (Å²) in [5.41, 5.74) is 2.29. The highest BCUT2D eigenvalue weighted by molar-refractivity contribution is 5.76. The Hall–Kier alpha value is -1.49. The highest BCUT2D eigenvalue weighted by Gasteiger charge is 2.26. The van der Waals surface area contributed by atoms with E-state index in [1.807, 2.05) is 11.1 Å². The van der Waals surface area contributed by atoms with Crippen LogP contribution >= 0.6 is 0 Å². The van der Waals surface area contributed by atoms with Gasteiger partial charge in [0.15, 0.2) is 0 Å². The van der Waals surface area contributed by atoms with Gasteiger partial charge >= 0.3 is 0 Å². The molecule has 2 aliphatic heterocycles. The third-order valence-electron chi connectivity index (χ3n) is 6.12. The molecule has 1 aromatic heterocycles. The van der Waals surface area contributed by atoms with Crippen molar-refractivity contribution in [2.45, 2.75) is 76.8 Å². The molecule has 5 heteroatoms. The minimum Gasteiger partial charge on any atom is -0.338 e. The summed E-state index contributed by atoms with van der Waals surface area (Å²) < 4.78 is 0. The molecule has 0 unspecified atom stereocenters. The summed E-state index contributed by atoms with van der Waals surface area (Å²) >= 11 is 0. The lowest BCUT2D eigenvalue weighted by molar-refractivity contribution is -0.133. The molecule has 1 aliphatic carbocycles. The number of piperidine rings is 1. The predicted octanol–water partition coefficient (Wildman–Crippen LogP) is 3.15. The van der Waals surface area contributed by atoms with E-state index < -0.39 is 0 Å². The van der Waals surface area contributed by atoms with Crippen molar-refractivity contribution in [3.8, 4) is 0 Å². The van der Waals surface area contributed by atoms with Crippen molar-refractivity contribution in [2.75, 3.05) is 13.1 Å². The van der Waals surface area contributed by atoms with Crippen LogP contribution in [-0.4, -0.2) is 33.9 Å². The van der Waals surface area contributed by atoms with E-state index in [1.54, 1.807) is 0 Å². The van der Waals surface area contributed by atoms with E-state index in [2.05, 4.69) is 10.3 Å². The molecule has 1 amide bonds. The fraction of sp³-hybridized carbons (Fsp3) is 0.750. The van der Waals surface area contributed by atoms with Gasteiger partial charge in [0.2, 0.25) is 5.91 Å². The maximum Gasteiger partial charge on any atom is 0.223 e. The molecule has 0 bridgehead atoms. The predicted molar refractivity (Wildman–Crippen MR) is 96.9 cm³/mol. The molecule has 3 heterocycles. The van der Waals surface area contributed by atoms with Crippen molar-refractivity contribution in [1.29, 1.82) is 0 Å². The Kier molecular flexibility index (Phi) is 5.30. The molecule has 4 rings (SSSR count). The molecule has 5 nitrogen and oxygen atoms in total. The summed E-state index contributed by atoms with van der Waals surface area (Å²) in [5, 5.41) is 3.53. The maximum absolute atomic E-state index is 12.7. The standard InChI is InChI=1S/C20H30N4O/c25-19(12-15-6-2-1-3-7-15)24-11-9-17-16(14-24)13-22-20(23-17)18-8-4-5-10-21-18/h13,15,18,21H,1-12,14H2/t18-/m0/s1. The van der Waals surface area contributed by atoms with E-state index >= 15 is 0 Å². The van der Waals surface area contributed by atoms with Crippen LogP contribution in [0.5, 0.6) is 0 Å². The van der Waals surface area contributed by atoms with Gasteiger partial charge in [-0.3, -0.25) is 4.79 Å². The van der Waals surface area contributed by atoms with Gasteiger partial charge in [0.1, 0.15) is 5.82 Å². The van der Waals surface area contributed by atoms with E-state index in [-0.39, 0.29) is 0 Å². The number of nitrogens with zero attached hydrogens (tertiary/aromatic N) is 3. The Morgan fingerprint density at radius 3 is 2.80 bits per heavy atom. The molecule has 0 aromatic carbocycles. The van der Waals surface area contributed by atoms with Crippen molar-refractivity contribution in [2.24, 2.45) is 5.92 Å². The molecule has 0 radical (unpaired) electrons. The van der Waals surface area contributed by atoms with Gasteiger partial charge in [-0.15, -0.1) is 0 Å². The van der Waals surface area contributed by atoms with Crippen LogP contribution in [0.2, 0.25) is 0 Å². The van der Waals surface area contributed by atoms with Gasteiger partial charge in [0.25, 0.3) is 0 Å². The molecule has 1 saturated heterocycles. The number of aromatic nitrogens is 2. The zero-order chi connectivity index (χ0) is 17.1. The monoisotopic (exact) mass is 342 g/mol. The van der Waals surface area contributed by atoms with Crippen LogP contribution in [0.25, 0.3) is 0 Å². The Morgan fingerprint density at radius 2 is 2.00 bits per heavy atom. The molecule has 136 valence electrons. The van der Waals surface area contributed by atoms with Crippen LogP contribution in [-0.2, 0) is 17.8 Å². The zero-order valence-corrected chi connectivity index (χ0v) is 15.2. The summed E-state index contributed by atoms with van der Waals surface area (Å²) in [6.07, 6.45) is 13.6. The van der Waals surface area contributed by atoms with E-state index in [4.69, 9.17) is 4.98 Å². The van der Waals surface area contributed by atoms with Crippen LogP contribution in [0, 0.1) is 5.92 Å². The first-order valence-corrected chi connectivity index (χ1v) is 10.2. The zero-order valence-electron chi connectivity index (χ0n) is 15.2. The summed E-state index contributed by atoms with van der Waals surface area (Å²) in [6.45, 7) is 2.57. The third-order valence-corrected chi connectivity index (χ3v) is 6.12. The molecule has 0 spiro atoms. The maximum atomic E-state index is 12.7. The molecule has 1 saturated carbocycles. The van der Waals surface area contributed by atoms with Crippen LogP contribution in [0.3, 0.4) is 0 Å². The quantitative estimate of drug-likeness (QED) is 0.917. The summed E-state index contributed by atoms with van der Waals surface area (Å²) in [5.74, 6) is 1.88. The summed E-state index contributed by atoms with van der Waals surface area (Å²) in [6, 6.07) is 0.310. The Bertz CT molecular complexity index is 606. The molecular formula is C20H30N4O. The molecule has 25 heavy (non-hydrogen) atoms. The van der Waals surface area contributed by atoms with Crippen molar-refractivity contribution < 1.29 is 4.79 Å². The van der Waals surface area contributed by atoms with Crippen molar-refractivity contribution in [1.82, 2.24) is 20.2 Å². The Balaban J connectivity index is 1.38. The number of amides is 1. The highest BCUT2D eigenvalue weighted by Crippen LogP contribution is 2.28. The van der Waals surface area contributed by atoms with E-state index in [9.17, 15) is 4.79 Å². The van der Waals surface area contributed by atoms with Gasteiger partial charge in [0.05, 0.1) is 11.7 Å². The normalized spacial score (nSPS) is 24.8. The van der Waals surface area contributed by atoms with Crippen LogP contribution in [0.15, 0.2) is 6.20 Å². The van der Waals surface area contributed by atoms with Gasteiger partial charge in [-0.25, -0.2) is 9.97 Å². The number of hydrogen-bond acceptors (Lipinski definition) is 4. The first-order valence-electron chi connectivity index (χ1n) is 10.2. The Morgan fingerprint density at radius 1 is 1.16 bits per heavy atom. The third kappa shape index (κ3) is 4.02. The van der Waals surface area contributed by atoms with Crippen LogP contribution in [0.1, 0.15) is 80.9 Å². The van der Waals surface area contributed by atoms with Crippen molar-refractivity contribution in [3.63, 3.8) is 0 Å². The molecule has 1 atom stereocenters. The minimum absolute atomic E-state index is 0.310. The highest BCUT2D eigenvalue weighted by atomic mass is 16.2. The average Bonchev–Trinajstić information content (AvgIpc) is 2.68. The second-order valence-electron chi connectivity index (χ2n) is 7.98. The summed E-state index contributed by atoms with van der Waals surface area (Å²) in [4.78, 5) is 24.1. The first kappa shape index (κ1) is 17.0. The minimum atomic E-state index is 0.310. The average molecular weight is 342 g/mol. The smallest absolute Gasteiger partial charge is 0.223 e. The van der Waals surface area contributed by atoms with Gasteiger partial charge in [-0.2, -0.15) is 0 Å². The van der Waals surface area contributed by atoms with E-state index in [0.29, 0.717) is 24.4 Å². The lowest BCUT2D eigenvalue weighted by Crippen LogP contribution is -2.38. The second kappa shape index (κ2) is 7.81. The van der Waals surface area contributed by atoms with E-state index in [1.165, 1.54) is 44.9 Å². The van der Waals surface area contributed by atoms with Crippen molar-refractivity contribution in [3.05, 3.63) is 23.3 Å². The van der Waals surface area contributed by atoms with Crippen LogP contribution in [0.4, 0.5) is 0 Å². The summed E-state index contributed by atoms with van der Waals surface area (Å²) in [7, 11) is 0. The molecule has 2 fully saturated rings. The van der Waals surface area contributed by atoms with Gasteiger partial charge in [-0.05, 0) is 38.1 Å².